The minimum absolute atomic E-state index is 0.0923. The van der Waals surface area contributed by atoms with Crippen molar-refractivity contribution in [1.29, 1.82) is 0 Å². The molecule has 0 bridgehead atoms. The topological polar surface area (TPSA) is 72.7 Å². The standard InChI is InChI=1S/C14H13FN4O2/c1-2-19-11-6-4-3-5-10(11)16-12(19)8-18-7-9(15)13(20)17-14(18)21/h3-7H,2,8H2,1H3,(H,17,20,21). The molecule has 0 spiro atoms. The first kappa shape index (κ1) is 13.3. The summed E-state index contributed by atoms with van der Waals surface area (Å²) in [5.74, 6) is -0.360. The number of para-hydroxylation sites is 2. The quantitative estimate of drug-likeness (QED) is 0.784. The summed E-state index contributed by atoms with van der Waals surface area (Å²) in [4.78, 5) is 29.2. The van der Waals surface area contributed by atoms with Crippen molar-refractivity contribution in [2.24, 2.45) is 0 Å². The van der Waals surface area contributed by atoms with Crippen LogP contribution < -0.4 is 11.2 Å². The molecular weight excluding hydrogens is 275 g/mol. The summed E-state index contributed by atoms with van der Waals surface area (Å²) < 4.78 is 16.4. The summed E-state index contributed by atoms with van der Waals surface area (Å²) in [5, 5.41) is 0. The maximum Gasteiger partial charge on any atom is 0.328 e. The van der Waals surface area contributed by atoms with Gasteiger partial charge in [-0.1, -0.05) is 12.1 Å². The summed E-state index contributed by atoms with van der Waals surface area (Å²) in [6.45, 7) is 2.74. The van der Waals surface area contributed by atoms with Gasteiger partial charge in [0.15, 0.2) is 0 Å². The first-order valence-electron chi connectivity index (χ1n) is 6.53. The first-order valence-corrected chi connectivity index (χ1v) is 6.53. The van der Waals surface area contributed by atoms with E-state index in [4.69, 9.17) is 0 Å². The van der Waals surface area contributed by atoms with Crippen LogP contribution in [0.3, 0.4) is 0 Å². The van der Waals surface area contributed by atoms with Crippen LogP contribution in [0.4, 0.5) is 4.39 Å². The predicted molar refractivity (Wildman–Crippen MR) is 75.8 cm³/mol. The Labute approximate surface area is 118 Å². The van der Waals surface area contributed by atoms with Gasteiger partial charge in [-0.2, -0.15) is 4.39 Å². The van der Waals surface area contributed by atoms with E-state index in [0.717, 1.165) is 21.8 Å². The molecule has 0 amide bonds. The van der Waals surface area contributed by atoms with Crippen molar-refractivity contribution < 1.29 is 4.39 Å². The average Bonchev–Trinajstić information content (AvgIpc) is 2.81. The van der Waals surface area contributed by atoms with Gasteiger partial charge >= 0.3 is 5.69 Å². The number of fused-ring (bicyclic) bond motifs is 1. The monoisotopic (exact) mass is 288 g/mol. The van der Waals surface area contributed by atoms with Crippen LogP contribution in [0.5, 0.6) is 0 Å². The van der Waals surface area contributed by atoms with E-state index in [-0.39, 0.29) is 6.54 Å². The first-order chi connectivity index (χ1) is 10.1. The van der Waals surface area contributed by atoms with Gasteiger partial charge in [0.05, 0.1) is 23.8 Å². The van der Waals surface area contributed by atoms with E-state index >= 15 is 0 Å². The Balaban J connectivity index is 2.12. The molecule has 0 aliphatic rings. The second-order valence-electron chi connectivity index (χ2n) is 4.63. The van der Waals surface area contributed by atoms with Gasteiger partial charge in [-0.05, 0) is 19.1 Å². The van der Waals surface area contributed by atoms with Gasteiger partial charge in [-0.25, -0.2) is 9.78 Å². The number of nitrogens with zero attached hydrogens (tertiary/aromatic N) is 3. The molecule has 0 atom stereocenters. The Morgan fingerprint density at radius 1 is 1.29 bits per heavy atom. The second kappa shape index (κ2) is 5.01. The molecule has 0 aliphatic heterocycles. The highest BCUT2D eigenvalue weighted by Crippen LogP contribution is 2.16. The molecule has 3 aromatic rings. The minimum Gasteiger partial charge on any atom is -0.327 e. The van der Waals surface area contributed by atoms with Crippen LogP contribution in [-0.2, 0) is 13.1 Å². The Morgan fingerprint density at radius 2 is 2.05 bits per heavy atom. The van der Waals surface area contributed by atoms with Crippen LogP contribution in [0.15, 0.2) is 40.1 Å². The SMILES string of the molecule is CCn1c(Cn2cc(F)c(=O)[nH]c2=O)nc2ccccc21. The van der Waals surface area contributed by atoms with Crippen LogP contribution in [0, 0.1) is 5.82 Å². The summed E-state index contributed by atoms with van der Waals surface area (Å²) in [5.41, 5.74) is 0.0941. The van der Waals surface area contributed by atoms with Gasteiger partial charge in [0, 0.05) is 6.54 Å². The summed E-state index contributed by atoms with van der Waals surface area (Å²) in [6.07, 6.45) is 0.903. The lowest BCUT2D eigenvalue weighted by Gasteiger charge is -2.07. The highest BCUT2D eigenvalue weighted by Gasteiger charge is 2.11. The molecule has 3 rings (SSSR count). The van der Waals surface area contributed by atoms with Crippen LogP contribution in [0.2, 0.25) is 0 Å². The van der Waals surface area contributed by atoms with E-state index in [1.807, 2.05) is 40.7 Å². The third-order valence-corrected chi connectivity index (χ3v) is 3.33. The molecule has 2 aromatic heterocycles. The number of halogens is 1. The zero-order valence-electron chi connectivity index (χ0n) is 11.3. The van der Waals surface area contributed by atoms with E-state index < -0.39 is 17.1 Å². The molecule has 0 aliphatic carbocycles. The van der Waals surface area contributed by atoms with Crippen molar-refractivity contribution in [3.8, 4) is 0 Å². The van der Waals surface area contributed by atoms with E-state index in [0.29, 0.717) is 12.4 Å². The minimum atomic E-state index is -1.01. The summed E-state index contributed by atoms with van der Waals surface area (Å²) in [6, 6.07) is 7.60. The number of nitrogens with one attached hydrogen (secondary N) is 1. The Morgan fingerprint density at radius 3 is 2.81 bits per heavy atom. The predicted octanol–water partition coefficient (Wildman–Crippen LogP) is 1.09. The lowest BCUT2D eigenvalue weighted by atomic mass is 10.3. The number of hydrogen-bond acceptors (Lipinski definition) is 3. The molecule has 1 aromatic carbocycles. The smallest absolute Gasteiger partial charge is 0.327 e. The van der Waals surface area contributed by atoms with E-state index in [9.17, 15) is 14.0 Å². The van der Waals surface area contributed by atoms with Gasteiger partial charge in [-0.15, -0.1) is 0 Å². The Hall–Kier alpha value is -2.70. The third kappa shape index (κ3) is 2.26. The van der Waals surface area contributed by atoms with Gasteiger partial charge in [0.1, 0.15) is 5.82 Å². The van der Waals surface area contributed by atoms with Crippen LogP contribution in [-0.4, -0.2) is 19.1 Å². The number of hydrogen-bond donors (Lipinski definition) is 1. The lowest BCUT2D eigenvalue weighted by molar-refractivity contribution is 0.554. The maximum atomic E-state index is 13.3. The average molecular weight is 288 g/mol. The number of imidazole rings is 1. The van der Waals surface area contributed by atoms with Crippen LogP contribution >= 0.6 is 0 Å². The zero-order valence-corrected chi connectivity index (χ0v) is 11.3. The molecular formula is C14H13FN4O2. The largest absolute Gasteiger partial charge is 0.328 e. The molecule has 6 nitrogen and oxygen atoms in total. The number of aromatic amines is 1. The highest BCUT2D eigenvalue weighted by atomic mass is 19.1. The van der Waals surface area contributed by atoms with Gasteiger partial charge in [0.25, 0.3) is 5.56 Å². The van der Waals surface area contributed by atoms with E-state index in [1.165, 1.54) is 0 Å². The van der Waals surface area contributed by atoms with Crippen molar-refractivity contribution in [1.82, 2.24) is 19.1 Å². The van der Waals surface area contributed by atoms with E-state index in [1.54, 1.807) is 0 Å². The maximum absolute atomic E-state index is 13.3. The third-order valence-electron chi connectivity index (χ3n) is 3.33. The molecule has 0 saturated heterocycles. The molecule has 1 N–H and O–H groups in total. The van der Waals surface area contributed by atoms with Gasteiger partial charge in [-0.3, -0.25) is 14.3 Å². The van der Waals surface area contributed by atoms with Crippen molar-refractivity contribution in [3.05, 3.63) is 62.9 Å². The van der Waals surface area contributed by atoms with Crippen molar-refractivity contribution in [2.75, 3.05) is 0 Å². The van der Waals surface area contributed by atoms with Crippen molar-refractivity contribution in [3.63, 3.8) is 0 Å². The Bertz CT molecular complexity index is 923. The van der Waals surface area contributed by atoms with Gasteiger partial charge < -0.3 is 4.57 Å². The fraction of sp³-hybridized carbons (Fsp3) is 0.214. The summed E-state index contributed by atoms with van der Waals surface area (Å²) >= 11 is 0. The molecule has 0 unspecified atom stereocenters. The number of rotatable bonds is 3. The van der Waals surface area contributed by atoms with Crippen molar-refractivity contribution >= 4 is 11.0 Å². The van der Waals surface area contributed by atoms with Crippen LogP contribution in [0.25, 0.3) is 11.0 Å². The lowest BCUT2D eigenvalue weighted by Crippen LogP contribution is -2.32. The van der Waals surface area contributed by atoms with Crippen molar-refractivity contribution in [2.45, 2.75) is 20.0 Å². The molecule has 0 radical (unpaired) electrons. The van der Waals surface area contributed by atoms with E-state index in [2.05, 4.69) is 4.98 Å². The molecule has 0 fully saturated rings. The van der Waals surface area contributed by atoms with Crippen LogP contribution in [0.1, 0.15) is 12.7 Å². The Kier molecular flexibility index (Phi) is 3.17. The van der Waals surface area contributed by atoms with Gasteiger partial charge in [0.2, 0.25) is 5.82 Å². The zero-order chi connectivity index (χ0) is 15.0. The molecule has 21 heavy (non-hydrogen) atoms. The highest BCUT2D eigenvalue weighted by molar-refractivity contribution is 5.75. The number of aromatic nitrogens is 4. The number of H-pyrrole nitrogens is 1. The second-order valence-corrected chi connectivity index (χ2v) is 4.63. The fourth-order valence-corrected chi connectivity index (χ4v) is 2.35. The molecule has 108 valence electrons. The summed E-state index contributed by atoms with van der Waals surface area (Å²) in [7, 11) is 0. The molecule has 7 heteroatoms. The number of aryl methyl sites for hydroxylation is 1. The molecule has 2 heterocycles. The number of benzene rings is 1. The molecule has 0 saturated carbocycles. The normalized spacial score (nSPS) is 11.1. The fourth-order valence-electron chi connectivity index (χ4n) is 2.35.